The largest absolute Gasteiger partial charge is 0.398 e. The molecule has 0 spiro atoms. The standard InChI is InChI=1S/C11H12ClN3/c1-2-15-11(5-6-14-15)8-3-4-10(13)9(12)7-8/h3-7H,2,13H2,1H3. The molecule has 3 nitrogen and oxygen atoms in total. The normalized spacial score (nSPS) is 10.5. The van der Waals surface area contributed by atoms with E-state index in [2.05, 4.69) is 12.0 Å². The third-order valence-electron chi connectivity index (χ3n) is 2.31. The second kappa shape index (κ2) is 3.95. The predicted octanol–water partition coefficient (Wildman–Crippen LogP) is 2.81. The fourth-order valence-electron chi connectivity index (χ4n) is 1.52. The van der Waals surface area contributed by atoms with E-state index in [-0.39, 0.29) is 0 Å². The van der Waals surface area contributed by atoms with Crippen LogP contribution in [-0.4, -0.2) is 9.78 Å². The third-order valence-corrected chi connectivity index (χ3v) is 2.64. The van der Waals surface area contributed by atoms with Gasteiger partial charge in [0.15, 0.2) is 0 Å². The van der Waals surface area contributed by atoms with Crippen molar-refractivity contribution in [2.75, 3.05) is 5.73 Å². The van der Waals surface area contributed by atoms with Crippen molar-refractivity contribution in [2.45, 2.75) is 13.5 Å². The highest BCUT2D eigenvalue weighted by Crippen LogP contribution is 2.26. The maximum atomic E-state index is 5.97. The molecule has 0 unspecified atom stereocenters. The van der Waals surface area contributed by atoms with Gasteiger partial charge in [-0.05, 0) is 25.1 Å². The first-order valence-corrected chi connectivity index (χ1v) is 5.17. The number of rotatable bonds is 2. The Morgan fingerprint density at radius 1 is 1.40 bits per heavy atom. The van der Waals surface area contributed by atoms with E-state index in [4.69, 9.17) is 17.3 Å². The zero-order valence-corrected chi connectivity index (χ0v) is 9.20. The summed E-state index contributed by atoms with van der Waals surface area (Å²) in [6, 6.07) is 7.58. The second-order valence-electron chi connectivity index (χ2n) is 3.27. The van der Waals surface area contributed by atoms with Crippen LogP contribution in [0.25, 0.3) is 11.3 Å². The van der Waals surface area contributed by atoms with E-state index in [0.717, 1.165) is 17.8 Å². The van der Waals surface area contributed by atoms with Crippen LogP contribution in [0.2, 0.25) is 5.02 Å². The van der Waals surface area contributed by atoms with Gasteiger partial charge in [-0.1, -0.05) is 17.7 Å². The van der Waals surface area contributed by atoms with Gasteiger partial charge in [0, 0.05) is 18.3 Å². The first-order valence-electron chi connectivity index (χ1n) is 4.79. The lowest BCUT2D eigenvalue weighted by Gasteiger charge is -2.06. The van der Waals surface area contributed by atoms with Crippen LogP contribution in [-0.2, 0) is 6.54 Å². The number of anilines is 1. The molecule has 2 rings (SSSR count). The number of nitrogens with zero attached hydrogens (tertiary/aromatic N) is 2. The van der Waals surface area contributed by atoms with Crippen molar-refractivity contribution in [1.82, 2.24) is 9.78 Å². The van der Waals surface area contributed by atoms with Gasteiger partial charge in [-0.2, -0.15) is 5.10 Å². The van der Waals surface area contributed by atoms with E-state index >= 15 is 0 Å². The lowest BCUT2D eigenvalue weighted by Crippen LogP contribution is -1.98. The van der Waals surface area contributed by atoms with E-state index in [1.54, 1.807) is 6.20 Å². The monoisotopic (exact) mass is 221 g/mol. The number of aryl methyl sites for hydroxylation is 1. The summed E-state index contributed by atoms with van der Waals surface area (Å²) in [6.07, 6.45) is 1.78. The molecule has 1 aromatic carbocycles. The topological polar surface area (TPSA) is 43.8 Å². The minimum Gasteiger partial charge on any atom is -0.398 e. The summed E-state index contributed by atoms with van der Waals surface area (Å²) >= 11 is 5.97. The van der Waals surface area contributed by atoms with Crippen LogP contribution < -0.4 is 5.73 Å². The lowest BCUT2D eigenvalue weighted by atomic mass is 10.1. The molecule has 4 heteroatoms. The minimum absolute atomic E-state index is 0.580. The summed E-state index contributed by atoms with van der Waals surface area (Å²) in [7, 11) is 0. The highest BCUT2D eigenvalue weighted by molar-refractivity contribution is 6.33. The first-order chi connectivity index (χ1) is 7.22. The maximum absolute atomic E-state index is 5.97. The van der Waals surface area contributed by atoms with Gasteiger partial charge in [-0.3, -0.25) is 4.68 Å². The molecule has 0 amide bonds. The molecule has 0 saturated heterocycles. The Morgan fingerprint density at radius 3 is 2.87 bits per heavy atom. The molecular weight excluding hydrogens is 210 g/mol. The molecule has 15 heavy (non-hydrogen) atoms. The molecule has 1 aromatic heterocycles. The average molecular weight is 222 g/mol. The van der Waals surface area contributed by atoms with Crippen LogP contribution in [0.1, 0.15) is 6.92 Å². The molecule has 0 saturated carbocycles. The Hall–Kier alpha value is -1.48. The summed E-state index contributed by atoms with van der Waals surface area (Å²) in [4.78, 5) is 0. The molecule has 0 radical (unpaired) electrons. The van der Waals surface area contributed by atoms with E-state index < -0.39 is 0 Å². The molecule has 0 bridgehead atoms. The molecule has 2 aromatic rings. The Kier molecular flexibility index (Phi) is 2.64. The van der Waals surface area contributed by atoms with Crippen molar-refractivity contribution >= 4 is 17.3 Å². The highest BCUT2D eigenvalue weighted by Gasteiger charge is 2.05. The zero-order valence-electron chi connectivity index (χ0n) is 8.44. The van der Waals surface area contributed by atoms with E-state index in [1.165, 1.54) is 0 Å². The van der Waals surface area contributed by atoms with Crippen molar-refractivity contribution in [3.05, 3.63) is 35.5 Å². The highest BCUT2D eigenvalue weighted by atomic mass is 35.5. The summed E-state index contributed by atoms with van der Waals surface area (Å²) in [5, 5.41) is 4.79. The quantitative estimate of drug-likeness (QED) is 0.793. The van der Waals surface area contributed by atoms with Crippen molar-refractivity contribution in [3.8, 4) is 11.3 Å². The smallest absolute Gasteiger partial charge is 0.0682 e. The number of halogens is 1. The Balaban J connectivity index is 2.50. The summed E-state index contributed by atoms with van der Waals surface area (Å²) in [5.41, 5.74) is 8.35. The predicted molar refractivity (Wildman–Crippen MR) is 62.8 cm³/mol. The molecule has 0 atom stereocenters. The number of benzene rings is 1. The van der Waals surface area contributed by atoms with E-state index in [9.17, 15) is 0 Å². The Morgan fingerprint density at radius 2 is 2.20 bits per heavy atom. The van der Waals surface area contributed by atoms with Gasteiger partial charge in [0.1, 0.15) is 0 Å². The van der Waals surface area contributed by atoms with Crippen molar-refractivity contribution in [3.63, 3.8) is 0 Å². The van der Waals surface area contributed by atoms with E-state index in [1.807, 2.05) is 28.9 Å². The molecule has 0 fully saturated rings. The SMILES string of the molecule is CCn1nccc1-c1ccc(N)c(Cl)c1. The van der Waals surface area contributed by atoms with Crippen molar-refractivity contribution in [2.24, 2.45) is 0 Å². The van der Waals surface area contributed by atoms with Gasteiger partial charge in [-0.25, -0.2) is 0 Å². The number of hydrogen-bond acceptors (Lipinski definition) is 2. The molecular formula is C11H12ClN3. The molecule has 78 valence electrons. The number of nitrogens with two attached hydrogens (primary N) is 1. The lowest BCUT2D eigenvalue weighted by molar-refractivity contribution is 0.667. The van der Waals surface area contributed by atoms with Gasteiger partial charge >= 0.3 is 0 Å². The van der Waals surface area contributed by atoms with Crippen molar-refractivity contribution < 1.29 is 0 Å². The first kappa shape index (κ1) is 10.1. The number of hydrogen-bond donors (Lipinski definition) is 1. The van der Waals surface area contributed by atoms with Crippen molar-refractivity contribution in [1.29, 1.82) is 0 Å². The molecule has 2 N–H and O–H groups in total. The van der Waals surface area contributed by atoms with E-state index in [0.29, 0.717) is 10.7 Å². The maximum Gasteiger partial charge on any atom is 0.0682 e. The third kappa shape index (κ3) is 1.83. The number of aromatic nitrogens is 2. The van der Waals surface area contributed by atoms with Gasteiger partial charge in [0.2, 0.25) is 0 Å². The summed E-state index contributed by atoms with van der Waals surface area (Å²) in [6.45, 7) is 2.89. The van der Waals surface area contributed by atoms with Crippen LogP contribution in [0.3, 0.4) is 0 Å². The zero-order chi connectivity index (χ0) is 10.8. The van der Waals surface area contributed by atoms with Crippen LogP contribution in [0, 0.1) is 0 Å². The fourth-order valence-corrected chi connectivity index (χ4v) is 1.70. The molecule has 0 aliphatic rings. The van der Waals surface area contributed by atoms with Crippen LogP contribution in [0.15, 0.2) is 30.5 Å². The Bertz CT molecular complexity index is 476. The second-order valence-corrected chi connectivity index (χ2v) is 3.68. The molecule has 0 aliphatic carbocycles. The average Bonchev–Trinajstić information content (AvgIpc) is 2.70. The summed E-state index contributed by atoms with van der Waals surface area (Å²) < 4.78 is 1.92. The Labute approximate surface area is 93.5 Å². The van der Waals surface area contributed by atoms with Crippen LogP contribution in [0.5, 0.6) is 0 Å². The number of nitrogen functional groups attached to an aromatic ring is 1. The minimum atomic E-state index is 0.580. The summed E-state index contributed by atoms with van der Waals surface area (Å²) in [5.74, 6) is 0. The van der Waals surface area contributed by atoms with Gasteiger partial charge in [0.25, 0.3) is 0 Å². The molecule has 1 heterocycles. The van der Waals surface area contributed by atoms with Gasteiger partial charge in [0.05, 0.1) is 16.4 Å². The molecule has 0 aliphatic heterocycles. The van der Waals surface area contributed by atoms with Crippen LogP contribution in [0.4, 0.5) is 5.69 Å². The fraction of sp³-hybridized carbons (Fsp3) is 0.182. The van der Waals surface area contributed by atoms with Gasteiger partial charge < -0.3 is 5.73 Å². The van der Waals surface area contributed by atoms with Gasteiger partial charge in [-0.15, -0.1) is 0 Å². The van der Waals surface area contributed by atoms with Crippen LogP contribution >= 0.6 is 11.6 Å².